The molecule has 112 valence electrons. The topological polar surface area (TPSA) is 49.9 Å². The lowest BCUT2D eigenvalue weighted by atomic mass is 10.2. The van der Waals surface area contributed by atoms with E-state index in [1.54, 1.807) is 6.08 Å². The van der Waals surface area contributed by atoms with Crippen molar-refractivity contribution in [2.24, 2.45) is 0 Å². The molecule has 0 amide bonds. The van der Waals surface area contributed by atoms with Gasteiger partial charge in [0.25, 0.3) is 0 Å². The SMILES string of the molecule is C=CCOc1ccc(CNCc2nc3ccccc3[nH]2)cc1. The summed E-state index contributed by atoms with van der Waals surface area (Å²) in [5.74, 6) is 1.81. The molecule has 4 heteroatoms. The minimum Gasteiger partial charge on any atom is -0.490 e. The minimum absolute atomic E-state index is 0.531. The molecule has 3 aromatic rings. The van der Waals surface area contributed by atoms with Crippen LogP contribution < -0.4 is 10.1 Å². The second-order valence-corrected chi connectivity index (χ2v) is 5.05. The predicted octanol–water partition coefficient (Wildman–Crippen LogP) is 3.42. The van der Waals surface area contributed by atoms with Crippen molar-refractivity contribution in [1.82, 2.24) is 15.3 Å². The largest absolute Gasteiger partial charge is 0.490 e. The van der Waals surface area contributed by atoms with E-state index in [1.165, 1.54) is 5.56 Å². The molecular weight excluding hydrogens is 274 g/mol. The van der Waals surface area contributed by atoms with Gasteiger partial charge in [0.15, 0.2) is 0 Å². The fraction of sp³-hybridized carbons (Fsp3) is 0.167. The number of hydrogen-bond acceptors (Lipinski definition) is 3. The van der Waals surface area contributed by atoms with Crippen molar-refractivity contribution in [2.75, 3.05) is 6.61 Å². The molecule has 0 atom stereocenters. The number of fused-ring (bicyclic) bond motifs is 1. The van der Waals surface area contributed by atoms with Gasteiger partial charge in [-0.25, -0.2) is 4.98 Å². The zero-order valence-electron chi connectivity index (χ0n) is 12.4. The number of hydrogen-bond donors (Lipinski definition) is 2. The molecule has 0 unspecified atom stereocenters. The number of aromatic amines is 1. The van der Waals surface area contributed by atoms with Crippen LogP contribution in [0.4, 0.5) is 0 Å². The van der Waals surface area contributed by atoms with Crippen LogP contribution in [-0.4, -0.2) is 16.6 Å². The Balaban J connectivity index is 1.53. The highest BCUT2D eigenvalue weighted by Crippen LogP contribution is 2.13. The van der Waals surface area contributed by atoms with E-state index in [0.717, 1.165) is 29.2 Å². The average molecular weight is 293 g/mol. The summed E-state index contributed by atoms with van der Waals surface area (Å²) < 4.78 is 5.46. The normalized spacial score (nSPS) is 10.7. The Morgan fingerprint density at radius 1 is 1.09 bits per heavy atom. The Labute approximate surface area is 129 Å². The second-order valence-electron chi connectivity index (χ2n) is 5.05. The van der Waals surface area contributed by atoms with Gasteiger partial charge in [-0.3, -0.25) is 0 Å². The van der Waals surface area contributed by atoms with E-state index in [4.69, 9.17) is 4.74 Å². The van der Waals surface area contributed by atoms with Gasteiger partial charge < -0.3 is 15.0 Å². The Hall–Kier alpha value is -2.59. The molecule has 0 bridgehead atoms. The molecule has 2 aromatic carbocycles. The van der Waals surface area contributed by atoms with Crippen molar-refractivity contribution in [3.8, 4) is 5.75 Å². The van der Waals surface area contributed by atoms with Gasteiger partial charge in [0.1, 0.15) is 18.2 Å². The maximum Gasteiger partial charge on any atom is 0.121 e. The van der Waals surface area contributed by atoms with Gasteiger partial charge in [-0.05, 0) is 29.8 Å². The molecule has 0 fully saturated rings. The third-order valence-electron chi connectivity index (χ3n) is 3.35. The number of benzene rings is 2. The number of aromatic nitrogens is 2. The summed E-state index contributed by atoms with van der Waals surface area (Å²) >= 11 is 0. The maximum atomic E-state index is 5.46. The van der Waals surface area contributed by atoms with Gasteiger partial charge >= 0.3 is 0 Å². The lowest BCUT2D eigenvalue weighted by Crippen LogP contribution is -2.13. The minimum atomic E-state index is 0.531. The van der Waals surface area contributed by atoms with Crippen LogP contribution >= 0.6 is 0 Å². The molecule has 0 aliphatic heterocycles. The summed E-state index contributed by atoms with van der Waals surface area (Å²) in [5, 5.41) is 3.39. The predicted molar refractivity (Wildman–Crippen MR) is 88.8 cm³/mol. The van der Waals surface area contributed by atoms with E-state index < -0.39 is 0 Å². The van der Waals surface area contributed by atoms with Crippen LogP contribution in [0.5, 0.6) is 5.75 Å². The van der Waals surface area contributed by atoms with E-state index in [0.29, 0.717) is 13.2 Å². The third kappa shape index (κ3) is 3.54. The summed E-state index contributed by atoms with van der Waals surface area (Å²) in [5.41, 5.74) is 3.29. The van der Waals surface area contributed by atoms with Crippen LogP contribution in [0.15, 0.2) is 61.2 Å². The zero-order valence-corrected chi connectivity index (χ0v) is 12.4. The lowest BCUT2D eigenvalue weighted by Gasteiger charge is -2.06. The first-order valence-corrected chi connectivity index (χ1v) is 7.32. The Bertz CT molecular complexity index is 713. The third-order valence-corrected chi connectivity index (χ3v) is 3.35. The van der Waals surface area contributed by atoms with Crippen LogP contribution in [0.1, 0.15) is 11.4 Å². The van der Waals surface area contributed by atoms with Crippen LogP contribution in [0.3, 0.4) is 0 Å². The number of ether oxygens (including phenoxy) is 1. The summed E-state index contributed by atoms with van der Waals surface area (Å²) in [4.78, 5) is 7.86. The molecule has 0 saturated heterocycles. The Morgan fingerprint density at radius 3 is 2.68 bits per heavy atom. The van der Waals surface area contributed by atoms with Crippen molar-refractivity contribution < 1.29 is 4.74 Å². The highest BCUT2D eigenvalue weighted by molar-refractivity contribution is 5.74. The number of H-pyrrole nitrogens is 1. The molecule has 1 aromatic heterocycles. The lowest BCUT2D eigenvalue weighted by molar-refractivity contribution is 0.363. The molecule has 2 N–H and O–H groups in total. The van der Waals surface area contributed by atoms with Crippen molar-refractivity contribution in [1.29, 1.82) is 0 Å². The quantitative estimate of drug-likeness (QED) is 0.656. The zero-order chi connectivity index (χ0) is 15.2. The van der Waals surface area contributed by atoms with Crippen LogP contribution in [0.25, 0.3) is 11.0 Å². The van der Waals surface area contributed by atoms with Crippen LogP contribution in [0, 0.1) is 0 Å². The summed E-state index contributed by atoms with van der Waals surface area (Å²) in [6, 6.07) is 16.1. The van der Waals surface area contributed by atoms with Crippen molar-refractivity contribution in [3.05, 3.63) is 72.6 Å². The fourth-order valence-electron chi connectivity index (χ4n) is 2.27. The van der Waals surface area contributed by atoms with E-state index >= 15 is 0 Å². The second kappa shape index (κ2) is 6.91. The summed E-state index contributed by atoms with van der Waals surface area (Å²) in [6.07, 6.45) is 1.74. The van der Waals surface area contributed by atoms with Gasteiger partial charge in [0, 0.05) is 6.54 Å². The van der Waals surface area contributed by atoms with Gasteiger partial charge in [0.2, 0.25) is 0 Å². The maximum absolute atomic E-state index is 5.46. The molecule has 22 heavy (non-hydrogen) atoms. The van der Waals surface area contributed by atoms with E-state index in [2.05, 4.69) is 34.0 Å². The van der Waals surface area contributed by atoms with Gasteiger partial charge in [0.05, 0.1) is 17.6 Å². The Kier molecular flexibility index (Phi) is 4.51. The van der Waals surface area contributed by atoms with E-state index in [-0.39, 0.29) is 0 Å². The Morgan fingerprint density at radius 2 is 1.91 bits per heavy atom. The van der Waals surface area contributed by atoms with Crippen molar-refractivity contribution in [2.45, 2.75) is 13.1 Å². The highest BCUT2D eigenvalue weighted by atomic mass is 16.5. The summed E-state index contributed by atoms with van der Waals surface area (Å²) in [7, 11) is 0. The molecule has 0 aliphatic carbocycles. The number of nitrogens with zero attached hydrogens (tertiary/aromatic N) is 1. The first kappa shape index (κ1) is 14.4. The van der Waals surface area contributed by atoms with Crippen molar-refractivity contribution >= 4 is 11.0 Å². The first-order chi connectivity index (χ1) is 10.8. The smallest absolute Gasteiger partial charge is 0.121 e. The number of nitrogens with one attached hydrogen (secondary N) is 2. The van der Waals surface area contributed by atoms with E-state index in [9.17, 15) is 0 Å². The molecule has 0 spiro atoms. The average Bonchev–Trinajstić information content (AvgIpc) is 2.97. The number of imidazole rings is 1. The van der Waals surface area contributed by atoms with Gasteiger partial charge in [-0.2, -0.15) is 0 Å². The molecule has 4 nitrogen and oxygen atoms in total. The first-order valence-electron chi connectivity index (χ1n) is 7.32. The van der Waals surface area contributed by atoms with Gasteiger partial charge in [-0.15, -0.1) is 0 Å². The molecule has 3 rings (SSSR count). The molecule has 0 aliphatic rings. The number of rotatable bonds is 7. The molecular formula is C18H19N3O. The fourth-order valence-corrected chi connectivity index (χ4v) is 2.27. The molecule has 0 saturated carbocycles. The molecule has 1 heterocycles. The van der Waals surface area contributed by atoms with Crippen molar-refractivity contribution in [3.63, 3.8) is 0 Å². The van der Waals surface area contributed by atoms with Crippen LogP contribution in [-0.2, 0) is 13.1 Å². The van der Waals surface area contributed by atoms with E-state index in [1.807, 2.05) is 36.4 Å². The molecule has 0 radical (unpaired) electrons. The highest BCUT2D eigenvalue weighted by Gasteiger charge is 2.01. The standard InChI is InChI=1S/C18H19N3O/c1-2-11-22-15-9-7-14(8-10-15)12-19-13-18-20-16-5-3-4-6-17(16)21-18/h2-10,19H,1,11-13H2,(H,20,21). The monoisotopic (exact) mass is 293 g/mol. The number of para-hydroxylation sites is 2. The van der Waals surface area contributed by atoms with Crippen LogP contribution in [0.2, 0.25) is 0 Å². The van der Waals surface area contributed by atoms with Gasteiger partial charge in [-0.1, -0.05) is 36.9 Å². The summed E-state index contributed by atoms with van der Waals surface area (Å²) in [6.45, 7) is 5.67.